The van der Waals surface area contributed by atoms with Crippen LogP contribution in [0.15, 0.2) is 30.7 Å². The lowest BCUT2D eigenvalue weighted by Gasteiger charge is -2.13. The first kappa shape index (κ1) is 16.0. The van der Waals surface area contributed by atoms with E-state index in [1.807, 2.05) is 14.0 Å². The summed E-state index contributed by atoms with van der Waals surface area (Å²) in [6, 6.07) is 4.98. The number of aryl methyl sites for hydroxylation is 1. The molecule has 0 unspecified atom stereocenters. The van der Waals surface area contributed by atoms with Crippen molar-refractivity contribution in [1.82, 2.24) is 24.7 Å². The van der Waals surface area contributed by atoms with E-state index >= 15 is 0 Å². The first-order valence-electron chi connectivity index (χ1n) is 7.46. The van der Waals surface area contributed by atoms with Gasteiger partial charge in [0.15, 0.2) is 11.6 Å². The molecular formula is C16H18FN7. The third-order valence-corrected chi connectivity index (χ3v) is 3.69. The zero-order chi connectivity index (χ0) is 17.3. The second-order valence-electron chi connectivity index (χ2n) is 5.56. The molecule has 1 atom stereocenters. The number of nitrogens with one attached hydrogen (secondary N) is 1. The molecule has 2 heterocycles. The minimum atomic E-state index is -0.375. The molecule has 7 nitrogen and oxygen atoms in total. The Morgan fingerprint density at radius 1 is 1.25 bits per heavy atom. The van der Waals surface area contributed by atoms with Crippen LogP contribution < -0.4 is 11.1 Å². The average Bonchev–Trinajstić information content (AvgIpc) is 2.95. The van der Waals surface area contributed by atoms with Crippen LogP contribution in [0.3, 0.4) is 0 Å². The Morgan fingerprint density at radius 2 is 2.04 bits per heavy atom. The van der Waals surface area contributed by atoms with Gasteiger partial charge in [0.2, 0.25) is 5.95 Å². The summed E-state index contributed by atoms with van der Waals surface area (Å²) >= 11 is 0. The maximum Gasteiger partial charge on any atom is 0.231 e. The molecule has 0 bridgehead atoms. The molecule has 8 heteroatoms. The van der Waals surface area contributed by atoms with Crippen molar-refractivity contribution >= 4 is 11.8 Å². The van der Waals surface area contributed by atoms with Crippen molar-refractivity contribution in [1.29, 1.82) is 0 Å². The first-order valence-corrected chi connectivity index (χ1v) is 7.46. The number of hydrogen-bond acceptors (Lipinski definition) is 6. The summed E-state index contributed by atoms with van der Waals surface area (Å²) in [5.41, 5.74) is 7.43. The van der Waals surface area contributed by atoms with E-state index < -0.39 is 0 Å². The van der Waals surface area contributed by atoms with Crippen LogP contribution in [-0.2, 0) is 7.05 Å². The van der Waals surface area contributed by atoms with Crippen molar-refractivity contribution in [2.24, 2.45) is 12.8 Å². The molecule has 0 radical (unpaired) electrons. The van der Waals surface area contributed by atoms with Crippen LogP contribution >= 0.6 is 0 Å². The highest BCUT2D eigenvalue weighted by molar-refractivity contribution is 5.60. The Morgan fingerprint density at radius 3 is 2.71 bits per heavy atom. The normalized spacial score (nSPS) is 12.2. The van der Waals surface area contributed by atoms with Crippen LogP contribution in [0.5, 0.6) is 0 Å². The monoisotopic (exact) mass is 327 g/mol. The summed E-state index contributed by atoms with van der Waals surface area (Å²) in [4.78, 5) is 12.4. The largest absolute Gasteiger partial charge is 0.324 e. The predicted molar refractivity (Wildman–Crippen MR) is 89.1 cm³/mol. The topological polar surface area (TPSA) is 94.5 Å². The van der Waals surface area contributed by atoms with Gasteiger partial charge in [0.1, 0.15) is 12.1 Å². The number of halogens is 1. The van der Waals surface area contributed by atoms with E-state index in [0.29, 0.717) is 22.9 Å². The lowest BCUT2D eigenvalue weighted by atomic mass is 9.99. The second-order valence-corrected chi connectivity index (χ2v) is 5.56. The maximum atomic E-state index is 14.7. The Labute approximate surface area is 138 Å². The lowest BCUT2D eigenvalue weighted by molar-refractivity contribution is 0.613. The van der Waals surface area contributed by atoms with Gasteiger partial charge in [-0.3, -0.25) is 4.68 Å². The molecule has 0 aliphatic carbocycles. The maximum absolute atomic E-state index is 14.7. The van der Waals surface area contributed by atoms with Crippen molar-refractivity contribution in [2.45, 2.75) is 19.9 Å². The highest BCUT2D eigenvalue weighted by Gasteiger charge is 2.16. The van der Waals surface area contributed by atoms with Gasteiger partial charge in [-0.1, -0.05) is 6.07 Å². The standard InChI is InChI=1S/C16H18FN7/c1-9-11(10(2)18)4-5-12(14(9)17)15-19-8-20-16(22-15)21-13-6-7-24(3)23-13/h4-8,10H,18H2,1-3H3,(H,19,20,21,22,23)/t10-/m1/s1. The van der Waals surface area contributed by atoms with Gasteiger partial charge in [0.25, 0.3) is 0 Å². The molecule has 3 N–H and O–H groups in total. The minimum Gasteiger partial charge on any atom is -0.324 e. The molecular weight excluding hydrogens is 309 g/mol. The molecule has 3 rings (SSSR count). The lowest BCUT2D eigenvalue weighted by Crippen LogP contribution is -2.09. The average molecular weight is 327 g/mol. The van der Waals surface area contributed by atoms with E-state index in [9.17, 15) is 4.39 Å². The predicted octanol–water partition coefficient (Wildman–Crippen LogP) is 2.48. The molecule has 3 aromatic rings. The third-order valence-electron chi connectivity index (χ3n) is 3.69. The zero-order valence-corrected chi connectivity index (χ0v) is 13.7. The quantitative estimate of drug-likeness (QED) is 0.764. The molecule has 0 fully saturated rings. The van der Waals surface area contributed by atoms with E-state index in [4.69, 9.17) is 5.73 Å². The molecule has 1 aromatic carbocycles. The summed E-state index contributed by atoms with van der Waals surface area (Å²) in [6.07, 6.45) is 3.13. The van der Waals surface area contributed by atoms with Gasteiger partial charge in [-0.15, -0.1) is 0 Å². The third kappa shape index (κ3) is 3.09. The fourth-order valence-electron chi connectivity index (χ4n) is 2.45. The summed E-state index contributed by atoms with van der Waals surface area (Å²) in [5.74, 6) is 0.769. The first-order chi connectivity index (χ1) is 11.5. The van der Waals surface area contributed by atoms with Gasteiger partial charge in [-0.2, -0.15) is 10.1 Å². The van der Waals surface area contributed by atoms with Gasteiger partial charge in [0.05, 0.1) is 5.56 Å². The van der Waals surface area contributed by atoms with Crippen LogP contribution in [0, 0.1) is 12.7 Å². The number of nitrogens with zero attached hydrogens (tertiary/aromatic N) is 5. The Kier molecular flexibility index (Phi) is 4.22. The number of benzene rings is 1. The molecule has 0 aliphatic rings. The van der Waals surface area contributed by atoms with Crippen LogP contribution in [-0.4, -0.2) is 24.7 Å². The fourth-order valence-corrected chi connectivity index (χ4v) is 2.45. The molecule has 124 valence electrons. The zero-order valence-electron chi connectivity index (χ0n) is 13.7. The molecule has 2 aromatic heterocycles. The van der Waals surface area contributed by atoms with Crippen molar-refractivity contribution < 1.29 is 4.39 Å². The van der Waals surface area contributed by atoms with Crippen LogP contribution in [0.2, 0.25) is 0 Å². The van der Waals surface area contributed by atoms with Gasteiger partial charge in [0, 0.05) is 25.4 Å². The molecule has 0 amide bonds. The summed E-state index contributed by atoms with van der Waals surface area (Å²) in [6.45, 7) is 3.52. The number of anilines is 2. The van der Waals surface area contributed by atoms with Crippen molar-refractivity contribution in [3.63, 3.8) is 0 Å². The van der Waals surface area contributed by atoms with Crippen molar-refractivity contribution in [3.8, 4) is 11.4 Å². The second kappa shape index (κ2) is 6.32. The number of aromatic nitrogens is 5. The SMILES string of the molecule is Cc1c([C@@H](C)N)ccc(-c2ncnc(Nc3ccn(C)n3)n2)c1F. The van der Waals surface area contributed by atoms with Gasteiger partial charge in [-0.05, 0) is 31.0 Å². The van der Waals surface area contributed by atoms with E-state index in [-0.39, 0.29) is 17.7 Å². The van der Waals surface area contributed by atoms with Crippen LogP contribution in [0.4, 0.5) is 16.2 Å². The molecule has 24 heavy (non-hydrogen) atoms. The Bertz CT molecular complexity index is 873. The molecule has 0 saturated carbocycles. The van der Waals surface area contributed by atoms with Crippen molar-refractivity contribution in [3.05, 3.63) is 47.7 Å². The van der Waals surface area contributed by atoms with E-state index in [0.717, 1.165) is 5.56 Å². The van der Waals surface area contributed by atoms with Gasteiger partial charge in [-0.25, -0.2) is 14.4 Å². The summed E-state index contributed by atoms with van der Waals surface area (Å²) in [5, 5.41) is 7.15. The Hall–Kier alpha value is -2.87. The molecule has 0 saturated heterocycles. The highest BCUT2D eigenvalue weighted by atomic mass is 19.1. The number of rotatable bonds is 4. The smallest absolute Gasteiger partial charge is 0.231 e. The fraction of sp³-hybridized carbons (Fsp3) is 0.250. The number of hydrogen-bond donors (Lipinski definition) is 2. The number of nitrogens with two attached hydrogens (primary N) is 1. The highest BCUT2D eigenvalue weighted by Crippen LogP contribution is 2.27. The summed E-state index contributed by atoms with van der Waals surface area (Å²) < 4.78 is 16.3. The van der Waals surface area contributed by atoms with Crippen LogP contribution in [0.1, 0.15) is 24.1 Å². The van der Waals surface area contributed by atoms with Crippen LogP contribution in [0.25, 0.3) is 11.4 Å². The van der Waals surface area contributed by atoms with E-state index in [2.05, 4.69) is 25.4 Å². The minimum absolute atomic E-state index is 0.242. The van der Waals surface area contributed by atoms with Crippen molar-refractivity contribution in [2.75, 3.05) is 5.32 Å². The molecule has 0 aliphatic heterocycles. The summed E-state index contributed by atoms with van der Waals surface area (Å²) in [7, 11) is 1.81. The molecule has 0 spiro atoms. The van der Waals surface area contributed by atoms with E-state index in [1.165, 1.54) is 6.33 Å². The Balaban J connectivity index is 1.95. The van der Waals surface area contributed by atoms with Gasteiger partial charge < -0.3 is 11.1 Å². The van der Waals surface area contributed by atoms with E-state index in [1.54, 1.807) is 36.0 Å². The van der Waals surface area contributed by atoms with Gasteiger partial charge >= 0.3 is 0 Å².